The van der Waals surface area contributed by atoms with Crippen molar-refractivity contribution in [2.24, 2.45) is 0 Å². The Hall–Kier alpha value is -2.49. The minimum Gasteiger partial charge on any atom is -0.281 e. The van der Waals surface area contributed by atoms with Crippen molar-refractivity contribution in [1.29, 1.82) is 0 Å². The first-order valence-corrected chi connectivity index (χ1v) is 14.2. The van der Waals surface area contributed by atoms with Gasteiger partial charge < -0.3 is 0 Å². The average molecular weight is 980 g/mol. The van der Waals surface area contributed by atoms with E-state index < -0.39 is 114 Å². The summed E-state index contributed by atoms with van der Waals surface area (Å²) in [5.74, 6) is -92.4. The second-order valence-electron chi connectivity index (χ2n) is 9.96. The third-order valence-electron chi connectivity index (χ3n) is 6.29. The molecule has 1 aliphatic rings. The highest BCUT2D eigenvalue weighted by atomic mass is 32.2. The Bertz CT molecular complexity index is 1700. The SMILES string of the molecule is O=S(=O)(O)C(F)(F)C(F)(F)C(F)(F)C(F)(F)C(F)(F)C(F)(F)C(F)(F)C(F)(F)F.O=S(=O)(OC(F)(F)C(F)(F)F)C1(F)C(F)(F)C(F)(F)C(F)(F)C(F)(F)C1(F)F. The smallest absolute Gasteiger partial charge is 0.281 e. The molecule has 0 unspecified atom stereocenters. The van der Waals surface area contributed by atoms with Crippen LogP contribution in [0.25, 0.3) is 0 Å². The zero-order chi connectivity index (χ0) is 47.7. The second kappa shape index (κ2) is 13.0. The van der Waals surface area contributed by atoms with E-state index in [0.29, 0.717) is 0 Å². The minimum absolute atomic E-state index is 1.43. The largest absolute Gasteiger partial charge is 0.484 e. The van der Waals surface area contributed by atoms with Crippen molar-refractivity contribution >= 4 is 20.2 Å². The van der Waals surface area contributed by atoms with Gasteiger partial charge in [-0.1, -0.05) is 0 Å². The van der Waals surface area contributed by atoms with Crippen LogP contribution in [0.3, 0.4) is 0 Å². The van der Waals surface area contributed by atoms with Gasteiger partial charge in [0.1, 0.15) is 0 Å². The van der Waals surface area contributed by atoms with Crippen LogP contribution in [0.5, 0.6) is 0 Å². The molecule has 0 bridgehead atoms. The van der Waals surface area contributed by atoms with E-state index in [1.165, 1.54) is 4.18 Å². The molecule has 0 aromatic heterocycles. The molecule has 0 heterocycles. The monoisotopic (exact) mass is 980 g/mol. The highest BCUT2D eigenvalue weighted by Crippen LogP contribution is 2.71. The van der Waals surface area contributed by atoms with Crippen molar-refractivity contribution in [3.8, 4) is 0 Å². The van der Waals surface area contributed by atoms with Crippen molar-refractivity contribution in [3.05, 3.63) is 0 Å². The van der Waals surface area contributed by atoms with Gasteiger partial charge in [-0.3, -0.25) is 4.55 Å². The van der Waals surface area contributed by atoms with Gasteiger partial charge in [-0.25, -0.2) is 4.39 Å². The summed E-state index contributed by atoms with van der Waals surface area (Å²) in [6.07, 6.45) is -22.6. The fourth-order valence-electron chi connectivity index (χ4n) is 3.06. The summed E-state index contributed by atoms with van der Waals surface area (Å²) in [6.45, 7) is 0. The van der Waals surface area contributed by atoms with Crippen LogP contribution in [0, 0.1) is 0 Å². The third-order valence-corrected chi connectivity index (χ3v) is 8.83. The van der Waals surface area contributed by atoms with Crippen LogP contribution in [-0.2, 0) is 24.4 Å². The van der Waals surface area contributed by atoms with E-state index in [-0.39, 0.29) is 0 Å². The van der Waals surface area contributed by atoms with Crippen molar-refractivity contribution in [2.75, 3.05) is 0 Å². The summed E-state index contributed by atoms with van der Waals surface area (Å²) in [7, 11) is -16.8. The average Bonchev–Trinajstić information content (AvgIpc) is 2.92. The Morgan fingerprint density at radius 3 is 0.807 bits per heavy atom. The lowest BCUT2D eigenvalue weighted by atomic mass is 9.81. The van der Waals surface area contributed by atoms with Gasteiger partial charge in [0, 0.05) is 0 Å². The van der Waals surface area contributed by atoms with E-state index in [4.69, 9.17) is 4.55 Å². The molecule has 0 aromatic carbocycles. The van der Waals surface area contributed by atoms with Gasteiger partial charge in [-0.15, -0.1) is 0 Å². The maximum atomic E-state index is 14.0. The highest BCUT2D eigenvalue weighted by molar-refractivity contribution is 7.88. The zero-order valence-electron chi connectivity index (χ0n) is 23.8. The van der Waals surface area contributed by atoms with Crippen LogP contribution in [0.2, 0.25) is 0 Å². The summed E-state index contributed by atoms with van der Waals surface area (Å²) in [5, 5.41) is -16.1. The molecule has 0 spiro atoms. The van der Waals surface area contributed by atoms with Gasteiger partial charge >= 0.3 is 114 Å². The summed E-state index contributed by atoms with van der Waals surface area (Å²) in [4.78, 5) is 0. The Morgan fingerprint density at radius 1 is 0.351 bits per heavy atom. The minimum atomic E-state index is -8.89. The molecule has 0 radical (unpaired) electrons. The Kier molecular flexibility index (Phi) is 12.4. The first-order chi connectivity index (χ1) is 23.7. The van der Waals surface area contributed by atoms with Crippen LogP contribution >= 0.6 is 0 Å². The van der Waals surface area contributed by atoms with Gasteiger partial charge in [0.15, 0.2) is 0 Å². The topological polar surface area (TPSA) is 97.7 Å². The molecule has 0 amide bonds. The van der Waals surface area contributed by atoms with Crippen molar-refractivity contribution in [2.45, 2.75) is 93.9 Å². The van der Waals surface area contributed by atoms with Gasteiger partial charge in [0.25, 0.3) is 0 Å². The van der Waals surface area contributed by atoms with Crippen molar-refractivity contribution < 1.29 is 170 Å². The lowest BCUT2D eigenvalue weighted by Gasteiger charge is -2.51. The second-order valence-corrected chi connectivity index (χ2v) is 13.1. The Morgan fingerprint density at radius 2 is 0.579 bits per heavy atom. The van der Waals surface area contributed by atoms with Crippen molar-refractivity contribution in [1.82, 2.24) is 0 Å². The molecule has 57 heavy (non-hydrogen) atoms. The Labute approximate surface area is 285 Å². The molecule has 0 aliphatic heterocycles. The maximum Gasteiger partial charge on any atom is 0.484 e. The van der Waals surface area contributed by atoms with Gasteiger partial charge in [-0.2, -0.15) is 162 Å². The number of hydrogen-bond acceptors (Lipinski definition) is 5. The number of hydrogen-bond donors (Lipinski definition) is 1. The standard InChI is InChI=1S/C8HF17O3S.C8F16O3S/c9-1(10,3(13,14)5(17,18)7(21,22)23)2(11,12)4(15,16)6(19,20)8(24,25)29(26,27)28;9-1(10)2(11,12)4(15,16)6(19,5(17,18)3(1,13)14)28(25,26)27-8(23,24)7(20,21)22/h(H,26,27,28);. The quantitative estimate of drug-likeness (QED) is 0.133. The predicted molar refractivity (Wildman–Crippen MR) is 102 cm³/mol. The normalized spacial score (nSPS) is 22.4. The molecule has 344 valence electrons. The predicted octanol–water partition coefficient (Wildman–Crippen LogP) is 9.18. The highest BCUT2D eigenvalue weighted by Gasteiger charge is 3.05. The molecule has 1 aliphatic carbocycles. The molecule has 0 saturated heterocycles. The molecular weight excluding hydrogens is 979 g/mol. The van der Waals surface area contributed by atoms with Crippen LogP contribution < -0.4 is 0 Å². The van der Waals surface area contributed by atoms with Crippen LogP contribution in [0.4, 0.5) is 145 Å². The first-order valence-electron chi connectivity index (χ1n) is 11.4. The van der Waals surface area contributed by atoms with Crippen molar-refractivity contribution in [3.63, 3.8) is 0 Å². The van der Waals surface area contributed by atoms with E-state index in [0.717, 1.165) is 0 Å². The van der Waals surface area contributed by atoms with E-state index >= 15 is 0 Å². The lowest BCUT2D eigenvalue weighted by molar-refractivity contribution is -0.471. The Balaban J connectivity index is 0.00000110. The number of rotatable bonds is 10. The number of alkyl halides is 33. The van der Waals surface area contributed by atoms with Crippen LogP contribution in [-0.4, -0.2) is 115 Å². The third kappa shape index (κ3) is 6.52. The molecule has 1 N–H and O–H groups in total. The molecule has 1 saturated carbocycles. The van der Waals surface area contributed by atoms with Gasteiger partial charge in [0.05, 0.1) is 0 Å². The molecule has 0 atom stereocenters. The summed E-state index contributed by atoms with van der Waals surface area (Å²) in [5.41, 5.74) is 0. The summed E-state index contributed by atoms with van der Waals surface area (Å²) in [6, 6.07) is 0. The molecule has 1 fully saturated rings. The van der Waals surface area contributed by atoms with Crippen LogP contribution in [0.15, 0.2) is 0 Å². The zero-order valence-corrected chi connectivity index (χ0v) is 25.4. The summed E-state index contributed by atoms with van der Waals surface area (Å²) < 4.78 is 471. The maximum absolute atomic E-state index is 14.0. The van der Waals surface area contributed by atoms with Gasteiger partial charge in [-0.05, 0) is 0 Å². The molecular formula is C16HF33O6S2. The van der Waals surface area contributed by atoms with E-state index in [1.54, 1.807) is 0 Å². The summed E-state index contributed by atoms with van der Waals surface area (Å²) >= 11 is 0. The van der Waals surface area contributed by atoms with E-state index in [1.807, 2.05) is 0 Å². The van der Waals surface area contributed by atoms with E-state index in [9.17, 15) is 162 Å². The molecule has 0 aromatic rings. The molecule has 1 rings (SSSR count). The van der Waals surface area contributed by atoms with E-state index in [2.05, 4.69) is 0 Å². The fraction of sp³-hybridized carbons (Fsp3) is 1.00. The number of halogens is 33. The van der Waals surface area contributed by atoms with Gasteiger partial charge in [0.2, 0.25) is 0 Å². The lowest BCUT2D eigenvalue weighted by Crippen LogP contribution is -2.85. The first kappa shape index (κ1) is 54.5. The van der Waals surface area contributed by atoms with Crippen LogP contribution in [0.1, 0.15) is 0 Å². The fourth-order valence-corrected chi connectivity index (χ4v) is 4.88. The molecule has 41 heteroatoms. The molecule has 6 nitrogen and oxygen atoms in total.